The van der Waals surface area contributed by atoms with Crippen molar-refractivity contribution in [1.29, 1.82) is 0 Å². The zero-order valence-electron chi connectivity index (χ0n) is 10.1. The molecule has 2 rings (SSSR count). The van der Waals surface area contributed by atoms with E-state index in [9.17, 15) is 9.90 Å². The summed E-state index contributed by atoms with van der Waals surface area (Å²) in [6.07, 6.45) is 1.44. The molecule has 0 spiro atoms. The number of hydrogen-bond donors (Lipinski definition) is 1. The Hall–Kier alpha value is -1.59. The van der Waals surface area contributed by atoms with Gasteiger partial charge in [0.1, 0.15) is 5.82 Å². The van der Waals surface area contributed by atoms with Gasteiger partial charge in [0, 0.05) is 12.6 Å². The molecule has 1 unspecified atom stereocenters. The standard InChI is InChI=1S/C12H13ClN2O3/c1-7(16)5-10-14-11(12(17)18-2)9-4-3-8(13)6-15(9)10/h3-4,6-7,16H,5H2,1-2H3. The smallest absolute Gasteiger partial charge is 0.358 e. The molecule has 0 aliphatic rings. The number of carbonyl (C=O) groups excluding carboxylic acids is 1. The number of imidazole rings is 1. The van der Waals surface area contributed by atoms with E-state index in [1.54, 1.807) is 29.7 Å². The maximum Gasteiger partial charge on any atom is 0.358 e. The van der Waals surface area contributed by atoms with Crippen LogP contribution >= 0.6 is 11.6 Å². The summed E-state index contributed by atoms with van der Waals surface area (Å²) in [6, 6.07) is 3.38. The third kappa shape index (κ3) is 2.32. The monoisotopic (exact) mass is 268 g/mol. The zero-order chi connectivity index (χ0) is 13.3. The summed E-state index contributed by atoms with van der Waals surface area (Å²) >= 11 is 5.92. The van der Waals surface area contributed by atoms with E-state index in [0.717, 1.165) is 0 Å². The summed E-state index contributed by atoms with van der Waals surface area (Å²) in [6.45, 7) is 1.66. The van der Waals surface area contributed by atoms with Crippen molar-refractivity contribution in [3.63, 3.8) is 0 Å². The van der Waals surface area contributed by atoms with Gasteiger partial charge in [0.15, 0.2) is 5.69 Å². The predicted octanol–water partition coefficient (Wildman–Crippen LogP) is 1.70. The van der Waals surface area contributed by atoms with Gasteiger partial charge in [-0.15, -0.1) is 0 Å². The lowest BCUT2D eigenvalue weighted by Gasteiger charge is -2.03. The minimum Gasteiger partial charge on any atom is -0.464 e. The number of aliphatic hydroxyl groups is 1. The molecule has 0 aromatic carbocycles. The fraction of sp³-hybridized carbons (Fsp3) is 0.333. The second-order valence-electron chi connectivity index (χ2n) is 4.02. The van der Waals surface area contributed by atoms with Crippen LogP contribution in [0, 0.1) is 0 Å². The van der Waals surface area contributed by atoms with Gasteiger partial charge in [0.25, 0.3) is 0 Å². The molecule has 0 radical (unpaired) electrons. The van der Waals surface area contributed by atoms with Crippen LogP contribution in [0.2, 0.25) is 5.02 Å². The van der Waals surface area contributed by atoms with Crippen molar-refractivity contribution in [2.24, 2.45) is 0 Å². The first kappa shape index (κ1) is 12.9. The SMILES string of the molecule is COC(=O)c1nc(CC(C)O)n2cc(Cl)ccc12. The van der Waals surface area contributed by atoms with Crippen LogP contribution in [-0.2, 0) is 11.2 Å². The number of fused-ring (bicyclic) bond motifs is 1. The minimum absolute atomic E-state index is 0.227. The van der Waals surface area contributed by atoms with Gasteiger partial charge in [-0.2, -0.15) is 0 Å². The highest BCUT2D eigenvalue weighted by Gasteiger charge is 2.18. The lowest BCUT2D eigenvalue weighted by molar-refractivity contribution is 0.0596. The van der Waals surface area contributed by atoms with Crippen molar-refractivity contribution in [2.45, 2.75) is 19.4 Å². The first-order chi connectivity index (χ1) is 8.52. The van der Waals surface area contributed by atoms with Crippen molar-refractivity contribution in [3.8, 4) is 0 Å². The second kappa shape index (κ2) is 4.96. The van der Waals surface area contributed by atoms with Crippen LogP contribution in [0.5, 0.6) is 0 Å². The Kier molecular flexibility index (Phi) is 3.54. The van der Waals surface area contributed by atoms with Gasteiger partial charge in [0.2, 0.25) is 0 Å². The van der Waals surface area contributed by atoms with Crippen LogP contribution in [0.25, 0.3) is 5.52 Å². The summed E-state index contributed by atoms with van der Waals surface area (Å²) in [5.74, 6) is 0.0644. The van der Waals surface area contributed by atoms with Crippen molar-refractivity contribution in [3.05, 3.63) is 34.9 Å². The highest BCUT2D eigenvalue weighted by molar-refractivity contribution is 6.30. The maximum atomic E-state index is 11.6. The van der Waals surface area contributed by atoms with Crippen LogP contribution in [-0.4, -0.2) is 33.7 Å². The summed E-state index contributed by atoms with van der Waals surface area (Å²) in [4.78, 5) is 15.8. The summed E-state index contributed by atoms with van der Waals surface area (Å²) in [5.41, 5.74) is 0.840. The molecule has 5 nitrogen and oxygen atoms in total. The molecule has 1 N–H and O–H groups in total. The lowest BCUT2D eigenvalue weighted by atomic mass is 10.3. The van der Waals surface area contributed by atoms with E-state index >= 15 is 0 Å². The third-order valence-electron chi connectivity index (χ3n) is 2.53. The Bertz CT molecular complexity index is 592. The van der Waals surface area contributed by atoms with Crippen molar-refractivity contribution in [1.82, 2.24) is 9.38 Å². The van der Waals surface area contributed by atoms with E-state index in [0.29, 0.717) is 22.8 Å². The van der Waals surface area contributed by atoms with Crippen LogP contribution < -0.4 is 0 Å². The van der Waals surface area contributed by atoms with Gasteiger partial charge in [-0.05, 0) is 19.1 Å². The van der Waals surface area contributed by atoms with Crippen molar-refractivity contribution >= 4 is 23.1 Å². The Morgan fingerprint density at radius 1 is 1.61 bits per heavy atom. The number of carbonyl (C=O) groups is 1. The average Bonchev–Trinajstić information content (AvgIpc) is 2.66. The number of pyridine rings is 1. The number of halogens is 1. The van der Waals surface area contributed by atoms with Gasteiger partial charge in [-0.3, -0.25) is 0 Å². The first-order valence-corrected chi connectivity index (χ1v) is 5.83. The Balaban J connectivity index is 2.63. The fourth-order valence-electron chi connectivity index (χ4n) is 1.78. The maximum absolute atomic E-state index is 11.6. The zero-order valence-corrected chi connectivity index (χ0v) is 10.8. The number of ether oxygens (including phenoxy) is 1. The molecule has 0 fully saturated rings. The van der Waals surface area contributed by atoms with E-state index in [2.05, 4.69) is 9.72 Å². The molecule has 0 aliphatic heterocycles. The van der Waals surface area contributed by atoms with Crippen molar-refractivity contribution in [2.75, 3.05) is 7.11 Å². The molecule has 6 heteroatoms. The molecule has 1 atom stereocenters. The highest BCUT2D eigenvalue weighted by atomic mass is 35.5. The molecular formula is C12H13ClN2O3. The summed E-state index contributed by atoms with van der Waals surface area (Å²) in [5, 5.41) is 9.97. The van der Waals surface area contributed by atoms with Gasteiger partial charge < -0.3 is 14.2 Å². The molecule has 2 heterocycles. The molecule has 0 saturated heterocycles. The average molecular weight is 269 g/mol. The predicted molar refractivity (Wildman–Crippen MR) is 66.9 cm³/mol. The van der Waals surface area contributed by atoms with Gasteiger partial charge in [-0.25, -0.2) is 9.78 Å². The number of methoxy groups -OCH3 is 1. The Morgan fingerprint density at radius 2 is 2.33 bits per heavy atom. The Morgan fingerprint density at radius 3 is 2.94 bits per heavy atom. The van der Waals surface area contributed by atoms with Gasteiger partial charge >= 0.3 is 5.97 Å². The van der Waals surface area contributed by atoms with Crippen LogP contribution in [0.3, 0.4) is 0 Å². The fourth-order valence-corrected chi connectivity index (χ4v) is 1.94. The largest absolute Gasteiger partial charge is 0.464 e. The molecule has 96 valence electrons. The number of esters is 1. The molecule has 0 bridgehead atoms. The first-order valence-electron chi connectivity index (χ1n) is 5.45. The van der Waals surface area contributed by atoms with Crippen LogP contribution in [0.15, 0.2) is 18.3 Å². The highest BCUT2D eigenvalue weighted by Crippen LogP contribution is 2.19. The molecule has 0 aliphatic carbocycles. The van der Waals surface area contributed by atoms with Crippen LogP contribution in [0.4, 0.5) is 0 Å². The summed E-state index contributed by atoms with van der Waals surface area (Å²) < 4.78 is 6.38. The second-order valence-corrected chi connectivity index (χ2v) is 4.46. The lowest BCUT2D eigenvalue weighted by Crippen LogP contribution is -2.08. The third-order valence-corrected chi connectivity index (χ3v) is 2.75. The normalized spacial score (nSPS) is 12.7. The van der Waals surface area contributed by atoms with Crippen molar-refractivity contribution < 1.29 is 14.6 Å². The van der Waals surface area contributed by atoms with Gasteiger partial charge in [-0.1, -0.05) is 11.6 Å². The number of aromatic nitrogens is 2. The molecule has 2 aromatic heterocycles. The quantitative estimate of drug-likeness (QED) is 0.861. The number of rotatable bonds is 3. The van der Waals surface area contributed by atoms with Crippen LogP contribution in [0.1, 0.15) is 23.2 Å². The molecule has 0 amide bonds. The van der Waals surface area contributed by atoms with E-state index in [1.807, 2.05) is 0 Å². The number of aliphatic hydroxyl groups excluding tert-OH is 1. The number of nitrogens with zero attached hydrogens (tertiary/aromatic N) is 2. The molecule has 18 heavy (non-hydrogen) atoms. The van der Waals surface area contributed by atoms with E-state index in [1.165, 1.54) is 7.11 Å². The minimum atomic E-state index is -0.555. The van der Waals surface area contributed by atoms with E-state index < -0.39 is 12.1 Å². The molecular weight excluding hydrogens is 256 g/mol. The van der Waals surface area contributed by atoms with E-state index in [4.69, 9.17) is 11.6 Å². The van der Waals surface area contributed by atoms with E-state index in [-0.39, 0.29) is 5.69 Å². The number of hydrogen-bond acceptors (Lipinski definition) is 4. The molecule has 2 aromatic rings. The molecule has 0 saturated carbocycles. The summed E-state index contributed by atoms with van der Waals surface area (Å²) in [7, 11) is 1.30. The Labute approximate surface area is 109 Å². The van der Waals surface area contributed by atoms with Gasteiger partial charge in [0.05, 0.1) is 23.8 Å². The topological polar surface area (TPSA) is 63.8 Å².